The maximum Gasteiger partial charge on any atom is 0.323 e. The van der Waals surface area contributed by atoms with Crippen molar-refractivity contribution in [3.8, 4) is 0 Å². The number of nitrogens with one attached hydrogen (secondary N) is 3. The van der Waals surface area contributed by atoms with Gasteiger partial charge in [0, 0.05) is 33.0 Å². The van der Waals surface area contributed by atoms with Gasteiger partial charge in [-0.25, -0.2) is 4.79 Å². The Morgan fingerprint density at radius 2 is 1.46 bits per heavy atom. The molecule has 2 aromatic rings. The molecular formula is C17H15Cl2N3O2. The van der Waals surface area contributed by atoms with Gasteiger partial charge in [0.1, 0.15) is 0 Å². The number of benzene rings is 2. The van der Waals surface area contributed by atoms with E-state index >= 15 is 0 Å². The topological polar surface area (TPSA) is 70.2 Å². The zero-order valence-electron chi connectivity index (χ0n) is 12.6. The molecule has 0 radical (unpaired) electrons. The normalized spacial score (nSPS) is 13.2. The Hall–Kier alpha value is -2.24. The fourth-order valence-electron chi connectivity index (χ4n) is 2.12. The third-order valence-corrected chi connectivity index (χ3v) is 3.87. The number of rotatable bonds is 4. The quantitative estimate of drug-likeness (QED) is 0.746. The van der Waals surface area contributed by atoms with Crippen LogP contribution in [0.2, 0.25) is 10.0 Å². The van der Waals surface area contributed by atoms with Gasteiger partial charge in [-0.05, 0) is 55.3 Å². The van der Waals surface area contributed by atoms with Crippen molar-refractivity contribution in [1.82, 2.24) is 5.32 Å². The van der Waals surface area contributed by atoms with E-state index in [0.717, 1.165) is 12.8 Å². The molecule has 1 aliphatic carbocycles. The first-order chi connectivity index (χ1) is 11.5. The van der Waals surface area contributed by atoms with Gasteiger partial charge in [-0.15, -0.1) is 0 Å². The van der Waals surface area contributed by atoms with Crippen LogP contribution in [-0.4, -0.2) is 18.0 Å². The van der Waals surface area contributed by atoms with Crippen LogP contribution < -0.4 is 16.0 Å². The molecular weight excluding hydrogens is 349 g/mol. The van der Waals surface area contributed by atoms with Gasteiger partial charge in [0.2, 0.25) is 0 Å². The molecule has 3 amide bonds. The molecule has 1 fully saturated rings. The first-order valence-electron chi connectivity index (χ1n) is 7.44. The molecule has 7 heteroatoms. The zero-order valence-corrected chi connectivity index (χ0v) is 14.1. The monoisotopic (exact) mass is 363 g/mol. The van der Waals surface area contributed by atoms with Crippen molar-refractivity contribution in [2.24, 2.45) is 0 Å². The Labute approximate surface area is 149 Å². The molecule has 0 aromatic heterocycles. The highest BCUT2D eigenvalue weighted by Gasteiger charge is 2.23. The first-order valence-corrected chi connectivity index (χ1v) is 8.20. The van der Waals surface area contributed by atoms with Crippen molar-refractivity contribution in [3.05, 3.63) is 58.1 Å². The van der Waals surface area contributed by atoms with E-state index in [0.29, 0.717) is 33.0 Å². The third kappa shape index (κ3) is 4.63. The lowest BCUT2D eigenvalue weighted by Crippen LogP contribution is -2.25. The summed E-state index contributed by atoms with van der Waals surface area (Å²) in [6.45, 7) is 0. The second kappa shape index (κ2) is 7.11. The number of amides is 3. The maximum absolute atomic E-state index is 12.0. The molecule has 0 aliphatic heterocycles. The van der Waals surface area contributed by atoms with E-state index in [2.05, 4.69) is 16.0 Å². The van der Waals surface area contributed by atoms with Crippen LogP contribution >= 0.6 is 23.2 Å². The van der Waals surface area contributed by atoms with Gasteiger partial charge in [-0.2, -0.15) is 0 Å². The Morgan fingerprint density at radius 3 is 2.04 bits per heavy atom. The second-order valence-corrected chi connectivity index (χ2v) is 6.44. The van der Waals surface area contributed by atoms with Gasteiger partial charge in [0.15, 0.2) is 0 Å². The summed E-state index contributed by atoms with van der Waals surface area (Å²) >= 11 is 11.8. The SMILES string of the molecule is O=C(Nc1ccc(C(=O)NC2CC2)cc1)Nc1cc(Cl)cc(Cl)c1. The van der Waals surface area contributed by atoms with E-state index in [1.165, 1.54) is 0 Å². The summed E-state index contributed by atoms with van der Waals surface area (Å²) in [4.78, 5) is 23.9. The van der Waals surface area contributed by atoms with Crippen LogP contribution in [0.15, 0.2) is 42.5 Å². The lowest BCUT2D eigenvalue weighted by atomic mass is 10.2. The number of halogens is 2. The van der Waals surface area contributed by atoms with Crippen LogP contribution in [0, 0.1) is 0 Å². The predicted molar refractivity (Wildman–Crippen MR) is 96.0 cm³/mol. The predicted octanol–water partition coefficient (Wildman–Crippen LogP) is 4.53. The van der Waals surface area contributed by atoms with Crippen molar-refractivity contribution in [3.63, 3.8) is 0 Å². The van der Waals surface area contributed by atoms with Crippen LogP contribution in [0.1, 0.15) is 23.2 Å². The molecule has 3 N–H and O–H groups in total. The summed E-state index contributed by atoms with van der Waals surface area (Å²) in [6.07, 6.45) is 2.08. The number of carbonyl (C=O) groups excluding carboxylic acids is 2. The molecule has 1 saturated carbocycles. The van der Waals surface area contributed by atoms with Gasteiger partial charge in [-0.3, -0.25) is 4.79 Å². The third-order valence-electron chi connectivity index (χ3n) is 3.44. The fourth-order valence-corrected chi connectivity index (χ4v) is 2.65. The molecule has 0 spiro atoms. The number of hydrogen-bond donors (Lipinski definition) is 3. The van der Waals surface area contributed by atoms with Gasteiger partial charge in [0.05, 0.1) is 0 Å². The second-order valence-electron chi connectivity index (χ2n) is 5.56. The fraction of sp³-hybridized carbons (Fsp3) is 0.176. The van der Waals surface area contributed by atoms with Gasteiger partial charge in [-0.1, -0.05) is 23.2 Å². The summed E-state index contributed by atoms with van der Waals surface area (Å²) in [5, 5.41) is 9.10. The highest BCUT2D eigenvalue weighted by molar-refractivity contribution is 6.35. The smallest absolute Gasteiger partial charge is 0.323 e. The largest absolute Gasteiger partial charge is 0.349 e. The molecule has 124 valence electrons. The van der Waals surface area contributed by atoms with E-state index in [1.807, 2.05) is 0 Å². The summed E-state index contributed by atoms with van der Waals surface area (Å²) in [7, 11) is 0. The number of hydrogen-bond acceptors (Lipinski definition) is 2. The van der Waals surface area contributed by atoms with Crippen molar-refractivity contribution in [2.45, 2.75) is 18.9 Å². The van der Waals surface area contributed by atoms with E-state index < -0.39 is 6.03 Å². The van der Waals surface area contributed by atoms with Gasteiger partial charge < -0.3 is 16.0 Å². The number of carbonyl (C=O) groups is 2. The van der Waals surface area contributed by atoms with Crippen LogP contribution in [0.3, 0.4) is 0 Å². The number of anilines is 2. The van der Waals surface area contributed by atoms with Crippen molar-refractivity contribution in [1.29, 1.82) is 0 Å². The van der Waals surface area contributed by atoms with Crippen molar-refractivity contribution >= 4 is 46.5 Å². The van der Waals surface area contributed by atoms with Crippen LogP contribution in [0.5, 0.6) is 0 Å². The molecule has 3 rings (SSSR count). The molecule has 0 heterocycles. The highest BCUT2D eigenvalue weighted by Crippen LogP contribution is 2.23. The molecule has 0 saturated heterocycles. The molecule has 0 atom stereocenters. The van der Waals surface area contributed by atoms with E-state index in [1.54, 1.807) is 42.5 Å². The average molecular weight is 364 g/mol. The standard InChI is InChI=1S/C17H15Cl2N3O2/c18-11-7-12(19)9-15(8-11)22-17(24)21-14-3-1-10(2-4-14)16(23)20-13-5-6-13/h1-4,7-9,13H,5-6H2,(H,20,23)(H2,21,22,24). The highest BCUT2D eigenvalue weighted by atomic mass is 35.5. The van der Waals surface area contributed by atoms with Gasteiger partial charge in [0.25, 0.3) is 5.91 Å². The number of urea groups is 1. The summed E-state index contributed by atoms with van der Waals surface area (Å²) in [6, 6.07) is 11.3. The maximum atomic E-state index is 12.0. The molecule has 1 aliphatic rings. The lowest BCUT2D eigenvalue weighted by Gasteiger charge is -2.09. The summed E-state index contributed by atoms with van der Waals surface area (Å²) in [5.74, 6) is -0.0953. The minimum absolute atomic E-state index is 0.0953. The summed E-state index contributed by atoms with van der Waals surface area (Å²) < 4.78 is 0. The Bertz CT molecular complexity index is 754. The minimum Gasteiger partial charge on any atom is -0.349 e. The molecule has 2 aromatic carbocycles. The zero-order chi connectivity index (χ0) is 17.1. The van der Waals surface area contributed by atoms with Crippen molar-refractivity contribution < 1.29 is 9.59 Å². The Kier molecular flexibility index (Phi) is 4.92. The molecule has 0 unspecified atom stereocenters. The first kappa shape index (κ1) is 16.6. The average Bonchev–Trinajstić information content (AvgIpc) is 3.30. The van der Waals surface area contributed by atoms with Crippen molar-refractivity contribution in [2.75, 3.05) is 10.6 Å². The van der Waals surface area contributed by atoms with E-state index in [4.69, 9.17) is 23.2 Å². The van der Waals surface area contributed by atoms with Crippen LogP contribution in [0.4, 0.5) is 16.2 Å². The molecule has 5 nitrogen and oxygen atoms in total. The Balaban J connectivity index is 1.58. The van der Waals surface area contributed by atoms with Crippen LogP contribution in [0.25, 0.3) is 0 Å². The molecule has 0 bridgehead atoms. The lowest BCUT2D eigenvalue weighted by molar-refractivity contribution is 0.0951. The van der Waals surface area contributed by atoms with Crippen LogP contribution in [-0.2, 0) is 0 Å². The Morgan fingerprint density at radius 1 is 0.875 bits per heavy atom. The van der Waals surface area contributed by atoms with E-state index in [9.17, 15) is 9.59 Å². The van der Waals surface area contributed by atoms with E-state index in [-0.39, 0.29) is 5.91 Å². The summed E-state index contributed by atoms with van der Waals surface area (Å²) in [5.41, 5.74) is 1.63. The molecule has 24 heavy (non-hydrogen) atoms. The van der Waals surface area contributed by atoms with Gasteiger partial charge >= 0.3 is 6.03 Å². The minimum atomic E-state index is -0.427.